The van der Waals surface area contributed by atoms with Crippen molar-refractivity contribution in [1.82, 2.24) is 5.32 Å². The summed E-state index contributed by atoms with van der Waals surface area (Å²) in [7, 11) is 0. The largest absolute Gasteiger partial charge is 0.430 e. The number of hydrogen-bond acceptors (Lipinski definition) is 3. The maximum Gasteiger partial charge on any atom is 0.330 e. The van der Waals surface area contributed by atoms with Crippen molar-refractivity contribution in [2.24, 2.45) is 0 Å². The molecule has 1 amide bonds. The van der Waals surface area contributed by atoms with Crippen LogP contribution in [0, 0.1) is 0 Å². The average Bonchev–Trinajstić information content (AvgIpc) is 2.16. The molecule has 1 N–H and O–H groups in total. The summed E-state index contributed by atoms with van der Waals surface area (Å²) in [5.41, 5.74) is 0. The van der Waals surface area contributed by atoms with Crippen molar-refractivity contribution in [2.75, 3.05) is 6.54 Å². The second-order valence-corrected chi connectivity index (χ2v) is 2.97. The number of esters is 1. The van der Waals surface area contributed by atoms with Crippen molar-refractivity contribution in [3.05, 3.63) is 24.0 Å². The van der Waals surface area contributed by atoms with Crippen molar-refractivity contribution >= 4 is 11.9 Å². The van der Waals surface area contributed by atoms with E-state index in [9.17, 15) is 9.59 Å². The summed E-state index contributed by atoms with van der Waals surface area (Å²) in [6, 6.07) is 0. The van der Waals surface area contributed by atoms with Gasteiger partial charge in [0.2, 0.25) is 5.91 Å². The Morgan fingerprint density at radius 2 is 2.29 bits per heavy atom. The molecule has 0 atom stereocenters. The summed E-state index contributed by atoms with van der Waals surface area (Å²) < 4.78 is 5.00. The molecule has 0 aromatic rings. The first-order valence-corrected chi connectivity index (χ1v) is 4.47. The first-order chi connectivity index (χ1) is 6.68. The van der Waals surface area contributed by atoms with Gasteiger partial charge in [-0.3, -0.25) is 4.79 Å². The molecule has 0 fully saturated rings. The Kier molecular flexibility index (Phi) is 3.91. The van der Waals surface area contributed by atoms with Gasteiger partial charge in [-0.1, -0.05) is 12.2 Å². The molecular formula is C10H13NO3. The zero-order valence-electron chi connectivity index (χ0n) is 8.08. The lowest BCUT2D eigenvalue weighted by atomic mass is 10.2. The molecule has 4 nitrogen and oxygen atoms in total. The number of nitrogens with one attached hydrogen (secondary N) is 1. The molecule has 0 unspecified atom stereocenters. The lowest BCUT2D eigenvalue weighted by Crippen LogP contribution is -2.28. The Labute approximate surface area is 82.6 Å². The van der Waals surface area contributed by atoms with Crippen LogP contribution in [0.3, 0.4) is 0 Å². The van der Waals surface area contributed by atoms with Crippen LogP contribution in [-0.2, 0) is 14.3 Å². The average molecular weight is 195 g/mol. The van der Waals surface area contributed by atoms with Crippen LogP contribution in [-0.4, -0.2) is 18.4 Å². The normalized spacial score (nSPS) is 14.5. The van der Waals surface area contributed by atoms with Crippen LogP contribution < -0.4 is 5.32 Å². The van der Waals surface area contributed by atoms with Crippen molar-refractivity contribution in [3.63, 3.8) is 0 Å². The molecule has 0 bridgehead atoms. The second kappa shape index (κ2) is 5.21. The third-order valence-electron chi connectivity index (χ3n) is 1.69. The number of amides is 1. The van der Waals surface area contributed by atoms with E-state index in [4.69, 9.17) is 4.74 Å². The molecule has 1 aliphatic rings. The SMILES string of the molecule is CC(=O)NCC(=O)OC1=CCC=CC1. The number of rotatable bonds is 3. The highest BCUT2D eigenvalue weighted by atomic mass is 16.5. The minimum absolute atomic E-state index is 0.0730. The number of carbonyl (C=O) groups is 2. The van der Waals surface area contributed by atoms with Gasteiger partial charge < -0.3 is 10.1 Å². The highest BCUT2D eigenvalue weighted by Gasteiger charge is 2.07. The van der Waals surface area contributed by atoms with Crippen LogP contribution in [0.4, 0.5) is 0 Å². The monoisotopic (exact) mass is 195 g/mol. The van der Waals surface area contributed by atoms with Crippen LogP contribution in [0.1, 0.15) is 19.8 Å². The van der Waals surface area contributed by atoms with E-state index in [0.29, 0.717) is 12.2 Å². The van der Waals surface area contributed by atoms with Gasteiger partial charge >= 0.3 is 5.97 Å². The topological polar surface area (TPSA) is 55.4 Å². The van der Waals surface area contributed by atoms with Gasteiger partial charge in [-0.05, 0) is 12.5 Å². The minimum Gasteiger partial charge on any atom is -0.430 e. The highest BCUT2D eigenvalue weighted by molar-refractivity contribution is 5.80. The Bertz CT molecular complexity index is 292. The van der Waals surface area contributed by atoms with Crippen molar-refractivity contribution in [3.8, 4) is 0 Å². The molecule has 0 radical (unpaired) electrons. The fourth-order valence-electron chi connectivity index (χ4n) is 1.04. The molecule has 0 saturated carbocycles. The first kappa shape index (κ1) is 10.5. The maximum atomic E-state index is 11.1. The molecule has 0 aromatic heterocycles. The van der Waals surface area contributed by atoms with E-state index in [2.05, 4.69) is 5.32 Å². The fourth-order valence-corrected chi connectivity index (χ4v) is 1.04. The number of ether oxygens (including phenoxy) is 1. The zero-order chi connectivity index (χ0) is 10.4. The summed E-state index contributed by atoms with van der Waals surface area (Å²) in [6.07, 6.45) is 7.24. The molecule has 14 heavy (non-hydrogen) atoms. The Morgan fingerprint density at radius 3 is 2.86 bits per heavy atom. The van der Waals surface area contributed by atoms with E-state index < -0.39 is 5.97 Å². The van der Waals surface area contributed by atoms with E-state index in [1.807, 2.05) is 18.2 Å². The minimum atomic E-state index is -0.429. The van der Waals surface area contributed by atoms with E-state index >= 15 is 0 Å². The van der Waals surface area contributed by atoms with Crippen LogP contribution in [0.15, 0.2) is 24.0 Å². The molecule has 0 heterocycles. The summed E-state index contributed by atoms with van der Waals surface area (Å²) >= 11 is 0. The van der Waals surface area contributed by atoms with Crippen molar-refractivity contribution < 1.29 is 14.3 Å². The third-order valence-corrected chi connectivity index (χ3v) is 1.69. The van der Waals surface area contributed by atoms with E-state index in [1.54, 1.807) is 0 Å². The maximum absolute atomic E-state index is 11.1. The summed E-state index contributed by atoms with van der Waals surface area (Å²) in [5.74, 6) is -0.0101. The highest BCUT2D eigenvalue weighted by Crippen LogP contribution is 2.11. The van der Waals surface area contributed by atoms with E-state index in [-0.39, 0.29) is 12.5 Å². The van der Waals surface area contributed by atoms with Gasteiger partial charge in [0.1, 0.15) is 12.3 Å². The zero-order valence-corrected chi connectivity index (χ0v) is 8.08. The number of hydrogen-bond donors (Lipinski definition) is 1. The Hall–Kier alpha value is -1.58. The summed E-state index contributed by atoms with van der Waals surface area (Å²) in [6.45, 7) is 1.28. The lowest BCUT2D eigenvalue weighted by molar-refractivity contribution is -0.140. The molecule has 0 aliphatic heterocycles. The molecule has 76 valence electrons. The van der Waals surface area contributed by atoms with Crippen LogP contribution >= 0.6 is 0 Å². The van der Waals surface area contributed by atoms with Gasteiger partial charge in [0.25, 0.3) is 0 Å². The standard InChI is InChI=1S/C10H13NO3/c1-8(12)11-7-10(13)14-9-5-3-2-4-6-9/h2-3,6H,4-5,7H2,1H3,(H,11,12). The molecule has 4 heteroatoms. The summed E-state index contributed by atoms with van der Waals surface area (Å²) in [4.78, 5) is 21.6. The van der Waals surface area contributed by atoms with E-state index in [1.165, 1.54) is 6.92 Å². The molecule has 1 rings (SSSR count). The van der Waals surface area contributed by atoms with Gasteiger partial charge in [-0.2, -0.15) is 0 Å². The lowest BCUT2D eigenvalue weighted by Gasteiger charge is -2.09. The van der Waals surface area contributed by atoms with Gasteiger partial charge in [-0.25, -0.2) is 4.79 Å². The van der Waals surface area contributed by atoms with Gasteiger partial charge in [-0.15, -0.1) is 0 Å². The molecule has 0 saturated heterocycles. The van der Waals surface area contributed by atoms with Crippen molar-refractivity contribution in [1.29, 1.82) is 0 Å². The summed E-state index contributed by atoms with van der Waals surface area (Å²) in [5, 5.41) is 2.38. The predicted molar refractivity (Wildman–Crippen MR) is 51.2 cm³/mol. The van der Waals surface area contributed by atoms with Crippen LogP contribution in [0.5, 0.6) is 0 Å². The number of carbonyl (C=O) groups excluding carboxylic acids is 2. The number of allylic oxidation sites excluding steroid dienone is 3. The molecule has 0 spiro atoms. The van der Waals surface area contributed by atoms with Crippen molar-refractivity contribution in [2.45, 2.75) is 19.8 Å². The third kappa shape index (κ3) is 3.89. The Morgan fingerprint density at radius 1 is 1.50 bits per heavy atom. The van der Waals surface area contributed by atoms with Gasteiger partial charge in [0.15, 0.2) is 0 Å². The van der Waals surface area contributed by atoms with Crippen LogP contribution in [0.2, 0.25) is 0 Å². The molecule has 0 aromatic carbocycles. The van der Waals surface area contributed by atoms with Gasteiger partial charge in [0.05, 0.1) is 0 Å². The fraction of sp³-hybridized carbons (Fsp3) is 0.400. The quantitative estimate of drug-likeness (QED) is 0.537. The second-order valence-electron chi connectivity index (χ2n) is 2.97. The smallest absolute Gasteiger partial charge is 0.330 e. The van der Waals surface area contributed by atoms with Crippen LogP contribution in [0.25, 0.3) is 0 Å². The Balaban J connectivity index is 2.26. The first-order valence-electron chi connectivity index (χ1n) is 4.47. The van der Waals surface area contributed by atoms with E-state index in [0.717, 1.165) is 6.42 Å². The molecule has 1 aliphatic carbocycles. The van der Waals surface area contributed by atoms with Gasteiger partial charge in [0, 0.05) is 13.3 Å². The predicted octanol–water partition coefficient (Wildman–Crippen LogP) is 0.900. The molecular weight excluding hydrogens is 182 g/mol.